The summed E-state index contributed by atoms with van der Waals surface area (Å²) in [5.41, 5.74) is 0.539. The van der Waals surface area contributed by atoms with Gasteiger partial charge in [0.05, 0.1) is 7.85 Å². The monoisotopic (exact) mass is 182 g/mol. The number of hydrogen-bond acceptors (Lipinski definition) is 0. The molecule has 0 bridgehead atoms. The van der Waals surface area contributed by atoms with Crippen LogP contribution in [0, 0.1) is 17.5 Å². The Kier molecular flexibility index (Phi) is 2.81. The van der Waals surface area contributed by atoms with Gasteiger partial charge in [-0.05, 0) is 17.7 Å². The van der Waals surface area contributed by atoms with E-state index in [1.54, 1.807) is 0 Å². The third kappa shape index (κ3) is 1.94. The summed E-state index contributed by atoms with van der Waals surface area (Å²) < 4.78 is 37.7. The summed E-state index contributed by atoms with van der Waals surface area (Å²) in [6.07, 6.45) is 0.0739. The van der Waals surface area contributed by atoms with E-state index in [4.69, 9.17) is 7.85 Å². The zero-order valence-corrected chi connectivity index (χ0v) is 6.78. The maximum absolute atomic E-state index is 12.6. The molecule has 2 radical (unpaired) electrons. The molecule has 0 spiro atoms. The second-order valence-electron chi connectivity index (χ2n) is 2.56. The van der Waals surface area contributed by atoms with Crippen LogP contribution in [0.3, 0.4) is 0 Å². The Morgan fingerprint density at radius 1 is 1.23 bits per heavy atom. The molecule has 0 aliphatic rings. The van der Waals surface area contributed by atoms with Gasteiger partial charge in [0.25, 0.3) is 0 Å². The van der Waals surface area contributed by atoms with Gasteiger partial charge in [-0.25, -0.2) is 13.2 Å². The van der Waals surface area contributed by atoms with Crippen molar-refractivity contribution in [2.75, 3.05) is 0 Å². The molecule has 13 heavy (non-hydrogen) atoms. The lowest BCUT2D eigenvalue weighted by molar-refractivity contribution is 0.446. The largest absolute Gasteiger partial charge is 0.204 e. The fraction of sp³-hybridized carbons (Fsp3) is 0.111. The normalized spacial score (nSPS) is 10.1. The van der Waals surface area contributed by atoms with Crippen LogP contribution in [0.2, 0.25) is 6.32 Å². The van der Waals surface area contributed by atoms with Crippen molar-refractivity contribution in [1.82, 2.24) is 0 Å². The molecular weight excluding hydrogens is 176 g/mol. The lowest BCUT2D eigenvalue weighted by Gasteiger charge is -2.03. The molecule has 0 fully saturated rings. The first-order valence-corrected chi connectivity index (χ1v) is 3.59. The Bertz CT molecular complexity index is 324. The molecule has 0 amide bonds. The minimum Gasteiger partial charge on any atom is -0.204 e. The van der Waals surface area contributed by atoms with Gasteiger partial charge in [0.1, 0.15) is 0 Å². The quantitative estimate of drug-likeness (QED) is 0.487. The molecule has 4 heteroatoms. The van der Waals surface area contributed by atoms with E-state index in [0.717, 1.165) is 12.1 Å². The lowest BCUT2D eigenvalue weighted by Crippen LogP contribution is -1.93. The number of hydrogen-bond donors (Lipinski definition) is 0. The maximum atomic E-state index is 12.6. The van der Waals surface area contributed by atoms with E-state index in [-0.39, 0.29) is 11.9 Å². The molecule has 1 aromatic rings. The van der Waals surface area contributed by atoms with Crippen molar-refractivity contribution in [2.45, 2.75) is 6.32 Å². The van der Waals surface area contributed by atoms with Crippen molar-refractivity contribution < 1.29 is 13.2 Å². The van der Waals surface area contributed by atoms with Crippen LogP contribution in [0.25, 0.3) is 5.57 Å². The average molecular weight is 182 g/mol. The van der Waals surface area contributed by atoms with E-state index in [9.17, 15) is 13.2 Å². The highest BCUT2D eigenvalue weighted by molar-refractivity contribution is 6.14. The van der Waals surface area contributed by atoms with Gasteiger partial charge in [-0.3, -0.25) is 0 Å². The van der Waals surface area contributed by atoms with Gasteiger partial charge in [0, 0.05) is 0 Å². The van der Waals surface area contributed by atoms with Crippen molar-refractivity contribution in [3.63, 3.8) is 0 Å². The number of benzene rings is 1. The molecule has 1 rings (SSSR count). The van der Waals surface area contributed by atoms with Crippen LogP contribution in [0.1, 0.15) is 5.56 Å². The van der Waals surface area contributed by atoms with Gasteiger partial charge in [-0.15, -0.1) is 0 Å². The maximum Gasteiger partial charge on any atom is 0.194 e. The standard InChI is InChI=1S/C9H6BF3/c1-5(4-10)6-2-7(11)9(13)8(12)3-6/h2-3H,1,4H2. The van der Waals surface area contributed by atoms with Gasteiger partial charge in [0.15, 0.2) is 17.5 Å². The molecule has 0 heterocycles. The van der Waals surface area contributed by atoms with Gasteiger partial charge >= 0.3 is 0 Å². The topological polar surface area (TPSA) is 0 Å². The van der Waals surface area contributed by atoms with Gasteiger partial charge in [-0.2, -0.15) is 0 Å². The predicted molar refractivity (Wildman–Crippen MR) is 45.9 cm³/mol. The Labute approximate surface area is 75.5 Å². The molecule has 0 N–H and O–H groups in total. The summed E-state index contributed by atoms with van der Waals surface area (Å²) in [5, 5.41) is 0. The van der Waals surface area contributed by atoms with Crippen LogP contribution in [0.15, 0.2) is 18.7 Å². The second kappa shape index (κ2) is 3.68. The van der Waals surface area contributed by atoms with E-state index in [0.29, 0.717) is 5.57 Å². The summed E-state index contributed by atoms with van der Waals surface area (Å²) in [6.45, 7) is 3.47. The first kappa shape index (κ1) is 9.90. The zero-order chi connectivity index (χ0) is 10.0. The SMILES string of the molecule is [B]CC(=C)c1cc(F)c(F)c(F)c1. The average Bonchev–Trinajstić information content (AvgIpc) is 2.12. The molecule has 1 aromatic carbocycles. The molecular formula is C9H6BF3. The predicted octanol–water partition coefficient (Wildman–Crippen LogP) is 2.70. The minimum atomic E-state index is -1.48. The Morgan fingerprint density at radius 2 is 1.69 bits per heavy atom. The van der Waals surface area contributed by atoms with Crippen LogP contribution >= 0.6 is 0 Å². The molecule has 0 unspecified atom stereocenters. The Balaban J connectivity index is 3.20. The third-order valence-electron chi connectivity index (χ3n) is 1.64. The number of allylic oxidation sites excluding steroid dienone is 1. The Morgan fingerprint density at radius 3 is 2.08 bits per heavy atom. The van der Waals surface area contributed by atoms with Crippen molar-refractivity contribution in [3.05, 3.63) is 41.7 Å². The van der Waals surface area contributed by atoms with Gasteiger partial charge < -0.3 is 0 Å². The first-order valence-electron chi connectivity index (χ1n) is 3.59. The molecule has 66 valence electrons. The van der Waals surface area contributed by atoms with E-state index < -0.39 is 17.5 Å². The molecule has 0 saturated carbocycles. The highest BCUT2D eigenvalue weighted by atomic mass is 19.2. The van der Waals surface area contributed by atoms with Crippen LogP contribution < -0.4 is 0 Å². The van der Waals surface area contributed by atoms with Crippen LogP contribution in [0.4, 0.5) is 13.2 Å². The smallest absolute Gasteiger partial charge is 0.194 e. The van der Waals surface area contributed by atoms with E-state index in [2.05, 4.69) is 6.58 Å². The van der Waals surface area contributed by atoms with E-state index >= 15 is 0 Å². The summed E-state index contributed by atoms with van der Waals surface area (Å²) in [7, 11) is 5.20. The van der Waals surface area contributed by atoms with Crippen molar-refractivity contribution in [1.29, 1.82) is 0 Å². The fourth-order valence-corrected chi connectivity index (χ4v) is 0.877. The molecule has 0 saturated heterocycles. The van der Waals surface area contributed by atoms with E-state index in [1.807, 2.05) is 0 Å². The summed E-state index contributed by atoms with van der Waals surface area (Å²) in [4.78, 5) is 0. The molecule has 0 aliphatic heterocycles. The zero-order valence-electron chi connectivity index (χ0n) is 6.78. The number of halogens is 3. The highest BCUT2D eigenvalue weighted by Gasteiger charge is 2.10. The lowest BCUT2D eigenvalue weighted by atomic mass is 9.93. The van der Waals surface area contributed by atoms with Crippen LogP contribution in [0.5, 0.6) is 0 Å². The summed E-state index contributed by atoms with van der Waals surface area (Å²) >= 11 is 0. The third-order valence-corrected chi connectivity index (χ3v) is 1.64. The fourth-order valence-electron chi connectivity index (χ4n) is 0.877. The molecule has 0 aliphatic carbocycles. The number of rotatable bonds is 2. The van der Waals surface area contributed by atoms with Crippen molar-refractivity contribution in [2.24, 2.45) is 0 Å². The first-order chi connectivity index (χ1) is 6.06. The molecule has 0 aromatic heterocycles. The summed E-state index contributed by atoms with van der Waals surface area (Å²) in [5.74, 6) is -3.94. The van der Waals surface area contributed by atoms with Gasteiger partial charge in [-0.1, -0.05) is 18.5 Å². The molecule has 0 nitrogen and oxygen atoms in total. The second-order valence-corrected chi connectivity index (χ2v) is 2.56. The van der Waals surface area contributed by atoms with Crippen molar-refractivity contribution >= 4 is 13.4 Å². The Hall–Kier alpha value is -1.19. The van der Waals surface area contributed by atoms with Gasteiger partial charge in [0.2, 0.25) is 0 Å². The summed E-state index contributed by atoms with van der Waals surface area (Å²) in [6, 6.07) is 1.74. The van der Waals surface area contributed by atoms with E-state index in [1.165, 1.54) is 0 Å². The van der Waals surface area contributed by atoms with Crippen LogP contribution in [-0.2, 0) is 0 Å². The van der Waals surface area contributed by atoms with Crippen LogP contribution in [-0.4, -0.2) is 7.85 Å². The molecule has 0 atom stereocenters. The van der Waals surface area contributed by atoms with Crippen molar-refractivity contribution in [3.8, 4) is 0 Å². The minimum absolute atomic E-state index is 0.0739. The highest BCUT2D eigenvalue weighted by Crippen LogP contribution is 2.20.